The second-order valence-corrected chi connectivity index (χ2v) is 27.4. The van der Waals surface area contributed by atoms with E-state index >= 15 is 0 Å². The van der Waals surface area contributed by atoms with Crippen molar-refractivity contribution in [1.29, 1.82) is 0 Å². The van der Waals surface area contributed by atoms with E-state index in [4.69, 9.17) is 9.05 Å². The van der Waals surface area contributed by atoms with Crippen LogP contribution in [0.2, 0.25) is 0 Å². The van der Waals surface area contributed by atoms with Crippen molar-refractivity contribution >= 4 is 13.7 Å². The summed E-state index contributed by atoms with van der Waals surface area (Å²) >= 11 is 0. The highest BCUT2D eigenvalue weighted by Crippen LogP contribution is 2.43. The van der Waals surface area contributed by atoms with Crippen molar-refractivity contribution < 1.29 is 32.9 Å². The maximum absolute atomic E-state index is 13.1. The lowest BCUT2D eigenvalue weighted by atomic mass is 10.0. The van der Waals surface area contributed by atoms with Crippen LogP contribution in [-0.4, -0.2) is 73.4 Å². The average Bonchev–Trinajstić information content (AvgIpc) is 3.43. The lowest BCUT2D eigenvalue weighted by molar-refractivity contribution is -0.870. The maximum atomic E-state index is 13.1. The van der Waals surface area contributed by atoms with Crippen LogP contribution in [0.25, 0.3) is 0 Å². The van der Waals surface area contributed by atoms with E-state index < -0.39 is 20.0 Å². The first-order valence-corrected chi connectivity index (χ1v) is 37.3. The number of aliphatic hydroxyl groups is 1. The Kier molecular flexibility index (Phi) is 62.2. The summed E-state index contributed by atoms with van der Waals surface area (Å²) in [5.74, 6) is -0.137. The molecule has 0 aromatic rings. The molecule has 1 amide bonds. The minimum atomic E-state index is -4.33. The molecule has 0 aliphatic carbocycles. The monoisotopic (exact) mass is 1160 g/mol. The van der Waals surface area contributed by atoms with Crippen molar-refractivity contribution in [3.8, 4) is 0 Å². The number of unbranched alkanes of at least 4 members (excludes halogenated alkanes) is 48. The van der Waals surface area contributed by atoms with Gasteiger partial charge in [0.15, 0.2) is 0 Å². The highest BCUT2D eigenvalue weighted by atomic mass is 31.2. The molecule has 3 atom stereocenters. The number of phosphoric ester groups is 1. The van der Waals surface area contributed by atoms with Crippen LogP contribution in [-0.2, 0) is 18.4 Å². The van der Waals surface area contributed by atoms with Crippen molar-refractivity contribution in [2.45, 2.75) is 379 Å². The van der Waals surface area contributed by atoms with Crippen LogP contribution in [0.4, 0.5) is 0 Å². The predicted octanol–water partition coefficient (Wildman–Crippen LogP) is 22.8. The summed E-state index contributed by atoms with van der Waals surface area (Å²) in [4.78, 5) is 23.5. The first kappa shape index (κ1) is 79.7. The van der Waals surface area contributed by atoms with Crippen LogP contribution < -0.4 is 5.32 Å². The number of nitrogens with one attached hydrogen (secondary N) is 1. The Bertz CT molecular complexity index is 1410. The largest absolute Gasteiger partial charge is 0.472 e. The number of carbonyl (C=O) groups excluding carboxylic acids is 1. The number of phosphoric acid groups is 1. The Morgan fingerprint density at radius 3 is 1.02 bits per heavy atom. The molecule has 0 aromatic heterocycles. The normalized spacial score (nSPS) is 13.8. The quantitative estimate of drug-likeness (QED) is 0.0243. The summed E-state index contributed by atoms with van der Waals surface area (Å²) in [5.41, 5.74) is 0. The zero-order chi connectivity index (χ0) is 59.1. The molecule has 0 bridgehead atoms. The number of rotatable bonds is 67. The van der Waals surface area contributed by atoms with Gasteiger partial charge in [-0.15, -0.1) is 0 Å². The molecule has 0 spiro atoms. The number of nitrogens with zero attached hydrogens (tertiary/aromatic N) is 1. The van der Waals surface area contributed by atoms with E-state index in [9.17, 15) is 19.4 Å². The van der Waals surface area contributed by atoms with Gasteiger partial charge in [-0.25, -0.2) is 4.57 Å². The third kappa shape index (κ3) is 66.1. The van der Waals surface area contributed by atoms with Gasteiger partial charge in [-0.2, -0.15) is 0 Å². The molecule has 0 heterocycles. The summed E-state index contributed by atoms with van der Waals surface area (Å²) in [6.07, 6.45) is 83.9. The highest BCUT2D eigenvalue weighted by Gasteiger charge is 2.28. The van der Waals surface area contributed by atoms with E-state index in [2.05, 4.69) is 55.6 Å². The van der Waals surface area contributed by atoms with Gasteiger partial charge in [0.25, 0.3) is 0 Å². The van der Waals surface area contributed by atoms with Crippen molar-refractivity contribution in [1.82, 2.24) is 5.32 Å². The lowest BCUT2D eigenvalue weighted by Gasteiger charge is -2.26. The highest BCUT2D eigenvalue weighted by molar-refractivity contribution is 7.47. The predicted molar refractivity (Wildman–Crippen MR) is 355 cm³/mol. The lowest BCUT2D eigenvalue weighted by Crippen LogP contribution is -2.46. The number of carbonyl (C=O) groups is 1. The van der Waals surface area contributed by atoms with E-state index in [0.717, 1.165) is 51.4 Å². The Hall–Kier alpha value is -1.28. The van der Waals surface area contributed by atoms with E-state index in [-0.39, 0.29) is 19.1 Å². The molecule has 0 rings (SSSR count). The van der Waals surface area contributed by atoms with Gasteiger partial charge >= 0.3 is 7.82 Å². The van der Waals surface area contributed by atoms with Crippen molar-refractivity contribution in [2.24, 2.45) is 0 Å². The number of likely N-dealkylation sites (N-methyl/N-ethyl adjacent to an activating group) is 1. The van der Waals surface area contributed by atoms with E-state index in [0.29, 0.717) is 23.9 Å². The molecule has 0 radical (unpaired) electrons. The summed E-state index contributed by atoms with van der Waals surface area (Å²) in [6.45, 7) is 4.94. The molecular weight excluding hydrogens is 1020 g/mol. The van der Waals surface area contributed by atoms with Gasteiger partial charge in [0.05, 0.1) is 39.9 Å². The molecule has 0 aliphatic heterocycles. The first-order valence-electron chi connectivity index (χ1n) is 35.9. The van der Waals surface area contributed by atoms with Crippen LogP contribution in [0.5, 0.6) is 0 Å². The van der Waals surface area contributed by atoms with Gasteiger partial charge in [-0.1, -0.05) is 346 Å². The molecule has 0 aromatic carbocycles. The van der Waals surface area contributed by atoms with E-state index in [1.54, 1.807) is 0 Å². The van der Waals surface area contributed by atoms with Crippen LogP contribution in [0.1, 0.15) is 367 Å². The summed E-state index contributed by atoms with van der Waals surface area (Å²) in [6, 6.07) is -0.761. The molecule has 0 fully saturated rings. The fraction of sp³-hybridized carbons (Fsp3) is 0.903. The summed E-state index contributed by atoms with van der Waals surface area (Å²) < 4.78 is 23.9. The van der Waals surface area contributed by atoms with E-state index in [1.165, 1.54) is 289 Å². The molecule has 9 heteroatoms. The second-order valence-electron chi connectivity index (χ2n) is 26.0. The smallest absolute Gasteiger partial charge is 0.391 e. The number of allylic oxidation sites excluding steroid dienone is 6. The number of quaternary nitrogens is 1. The molecule has 3 unspecified atom stereocenters. The van der Waals surface area contributed by atoms with Crippen molar-refractivity contribution in [3.63, 3.8) is 0 Å². The van der Waals surface area contributed by atoms with Crippen LogP contribution in [0.3, 0.4) is 0 Å². The fourth-order valence-electron chi connectivity index (χ4n) is 11.1. The Morgan fingerprint density at radius 1 is 0.420 bits per heavy atom. The maximum Gasteiger partial charge on any atom is 0.472 e. The Morgan fingerprint density at radius 2 is 0.704 bits per heavy atom. The second kappa shape index (κ2) is 63.2. The Balaban J connectivity index is 3.99. The van der Waals surface area contributed by atoms with Gasteiger partial charge < -0.3 is 19.8 Å². The standard InChI is InChI=1S/C72H141N2O6P/c1-6-8-10-12-14-16-18-20-22-24-26-28-30-32-34-35-36-37-38-39-40-42-44-46-48-50-52-54-56-58-60-62-64-66-72(76)73-70(69-80-81(77,78)79-68-67-74(3,4)5)71(75)65-63-61-59-57-55-53-51-49-47-45-43-41-33-31-29-27-25-23-21-19-17-15-13-11-9-7-2/h18,20,24,26,30,32,70-71,75H,6-17,19,21-23,25,27-29,31,33-69H2,1-5H3,(H-,73,76,77,78)/p+1/b20-18-,26-24-,32-30-. The number of hydrogen-bond acceptors (Lipinski definition) is 5. The molecule has 480 valence electrons. The third-order valence-electron chi connectivity index (χ3n) is 16.6. The SMILES string of the molecule is CCCCCCC/C=C\C/C=C\C/C=C\CCCCCCCCCCCCCCCCCCCCC(=O)NC(COP(=O)(O)OCC[N+](C)(C)C)C(O)CCCCCCCCCCCCCCCCCCCCCCCCCCCC. The van der Waals surface area contributed by atoms with Gasteiger partial charge in [-0.3, -0.25) is 13.8 Å². The molecule has 3 N–H and O–H groups in total. The molecule has 0 saturated heterocycles. The summed E-state index contributed by atoms with van der Waals surface area (Å²) in [5, 5.41) is 14.2. The average molecular weight is 1160 g/mol. The first-order chi connectivity index (χ1) is 39.5. The molecule has 0 saturated carbocycles. The Labute approximate surface area is 506 Å². The molecule has 0 aliphatic rings. The third-order valence-corrected chi connectivity index (χ3v) is 17.6. The minimum absolute atomic E-state index is 0.0766. The zero-order valence-electron chi connectivity index (χ0n) is 55.1. The van der Waals surface area contributed by atoms with Crippen molar-refractivity contribution in [2.75, 3.05) is 40.9 Å². The van der Waals surface area contributed by atoms with Crippen LogP contribution in [0.15, 0.2) is 36.5 Å². The zero-order valence-corrected chi connectivity index (χ0v) is 55.9. The van der Waals surface area contributed by atoms with Crippen molar-refractivity contribution in [3.05, 3.63) is 36.5 Å². The number of amides is 1. The molecule has 81 heavy (non-hydrogen) atoms. The summed E-state index contributed by atoms with van der Waals surface area (Å²) in [7, 11) is 1.63. The van der Waals surface area contributed by atoms with Crippen LogP contribution in [0, 0.1) is 0 Å². The van der Waals surface area contributed by atoms with Gasteiger partial charge in [0.2, 0.25) is 5.91 Å². The topological polar surface area (TPSA) is 105 Å². The fourth-order valence-corrected chi connectivity index (χ4v) is 11.8. The minimum Gasteiger partial charge on any atom is -0.391 e. The number of hydrogen-bond donors (Lipinski definition) is 3. The van der Waals surface area contributed by atoms with Gasteiger partial charge in [-0.05, 0) is 51.4 Å². The van der Waals surface area contributed by atoms with Gasteiger partial charge in [0, 0.05) is 6.42 Å². The van der Waals surface area contributed by atoms with Gasteiger partial charge in [0.1, 0.15) is 13.2 Å². The van der Waals surface area contributed by atoms with E-state index in [1.807, 2.05) is 21.1 Å². The van der Waals surface area contributed by atoms with Crippen LogP contribution >= 0.6 is 7.82 Å². The molecule has 8 nitrogen and oxygen atoms in total. The number of aliphatic hydroxyl groups excluding tert-OH is 1. The molecular formula is C72H142N2O6P+.